The van der Waals surface area contributed by atoms with Crippen LogP contribution in [0.4, 0.5) is 22.7 Å². The van der Waals surface area contributed by atoms with Gasteiger partial charge in [-0.1, -0.05) is 18.2 Å². The molecular formula is C28H22N4O11. The number of carbonyl (C=O) groups is 2. The van der Waals surface area contributed by atoms with Crippen LogP contribution in [-0.4, -0.2) is 32.1 Å². The number of aromatic carboxylic acids is 1. The minimum absolute atomic E-state index is 0.0553. The molecule has 0 aromatic heterocycles. The molecule has 0 aliphatic carbocycles. The van der Waals surface area contributed by atoms with Crippen molar-refractivity contribution in [2.45, 2.75) is 13.2 Å². The second kappa shape index (κ2) is 13.6. The van der Waals surface area contributed by atoms with E-state index in [1.807, 2.05) is 0 Å². The van der Waals surface area contributed by atoms with Crippen molar-refractivity contribution in [2.24, 2.45) is 0 Å². The Labute approximate surface area is 242 Å². The predicted octanol–water partition coefficient (Wildman–Crippen LogP) is 5.78. The van der Waals surface area contributed by atoms with Gasteiger partial charge in [-0.25, -0.2) is 9.68 Å². The molecule has 0 bridgehead atoms. The van der Waals surface area contributed by atoms with Crippen molar-refractivity contribution in [3.63, 3.8) is 0 Å². The zero-order valence-corrected chi connectivity index (χ0v) is 22.0. The van der Waals surface area contributed by atoms with E-state index in [1.54, 1.807) is 42.5 Å². The van der Waals surface area contributed by atoms with Crippen LogP contribution in [0, 0.1) is 20.2 Å². The van der Waals surface area contributed by atoms with Crippen molar-refractivity contribution in [2.75, 3.05) is 10.8 Å². The third-order valence-electron chi connectivity index (χ3n) is 5.97. The standard InChI is InChI=1S/C28H22N4O11/c33-27(22-4-2-6-25(32(38)39)26(22)28(34)35)29-18-7-11-20(12-8-18)43-21-13-9-19(10-14-21)30-41-15-17-3-1-5-24(31(36)37)23(17)16-42-40/h1-14,30,40H,15-16H2,(H,29,33)(H,34,35). The Morgan fingerprint density at radius 2 is 1.35 bits per heavy atom. The molecule has 0 radical (unpaired) electrons. The number of nitro benzene ring substituents is 2. The summed E-state index contributed by atoms with van der Waals surface area (Å²) in [5.74, 6) is -1.55. The Bertz CT molecular complexity index is 1660. The summed E-state index contributed by atoms with van der Waals surface area (Å²) in [6.45, 7) is -0.432. The van der Waals surface area contributed by atoms with Crippen LogP contribution in [-0.2, 0) is 22.9 Å². The SMILES string of the molecule is O=C(Nc1ccc(Oc2ccc(NOCc3cccc([N+](=O)[O-])c3COO)cc2)cc1)c1cccc([N+](=O)[O-])c1C(=O)O. The van der Waals surface area contributed by atoms with Crippen molar-refractivity contribution in [3.8, 4) is 11.5 Å². The lowest BCUT2D eigenvalue weighted by atomic mass is 10.0. The quantitative estimate of drug-likeness (QED) is 0.0828. The Hall–Kier alpha value is -5.90. The lowest BCUT2D eigenvalue weighted by Gasteiger charge is -2.12. The Kier molecular flexibility index (Phi) is 9.54. The number of amides is 1. The summed E-state index contributed by atoms with van der Waals surface area (Å²) in [6.07, 6.45) is 0. The molecule has 0 atom stereocenters. The van der Waals surface area contributed by atoms with Gasteiger partial charge in [-0.15, -0.1) is 0 Å². The summed E-state index contributed by atoms with van der Waals surface area (Å²) in [5.41, 5.74) is 2.23. The predicted molar refractivity (Wildman–Crippen MR) is 150 cm³/mol. The zero-order valence-electron chi connectivity index (χ0n) is 22.0. The fourth-order valence-corrected chi connectivity index (χ4v) is 3.99. The molecule has 220 valence electrons. The molecule has 0 aliphatic rings. The molecule has 0 spiro atoms. The number of carboxylic acid groups (broad SMARTS) is 1. The molecule has 1 amide bonds. The second-order valence-electron chi connectivity index (χ2n) is 8.70. The minimum atomic E-state index is -1.60. The van der Waals surface area contributed by atoms with Crippen LogP contribution in [0.25, 0.3) is 0 Å². The maximum Gasteiger partial charge on any atom is 0.343 e. The second-order valence-corrected chi connectivity index (χ2v) is 8.70. The van der Waals surface area contributed by atoms with E-state index in [9.17, 15) is 34.9 Å². The minimum Gasteiger partial charge on any atom is -0.477 e. The lowest BCUT2D eigenvalue weighted by molar-refractivity contribution is -0.387. The molecule has 0 aliphatic heterocycles. The van der Waals surface area contributed by atoms with Crippen molar-refractivity contribution >= 4 is 34.6 Å². The molecule has 15 heteroatoms. The van der Waals surface area contributed by atoms with Crippen LogP contribution in [0.2, 0.25) is 0 Å². The molecule has 4 aromatic carbocycles. The Morgan fingerprint density at radius 3 is 1.93 bits per heavy atom. The first-order valence-corrected chi connectivity index (χ1v) is 12.3. The topological polar surface area (TPSA) is 213 Å². The van der Waals surface area contributed by atoms with Gasteiger partial charge < -0.3 is 15.2 Å². The summed E-state index contributed by atoms with van der Waals surface area (Å²) >= 11 is 0. The van der Waals surface area contributed by atoms with Gasteiger partial charge in [0.25, 0.3) is 17.3 Å². The van der Waals surface area contributed by atoms with Crippen molar-refractivity contribution in [1.29, 1.82) is 0 Å². The van der Waals surface area contributed by atoms with Gasteiger partial charge >= 0.3 is 5.97 Å². The van der Waals surface area contributed by atoms with E-state index >= 15 is 0 Å². The van der Waals surface area contributed by atoms with Crippen LogP contribution in [0.3, 0.4) is 0 Å². The van der Waals surface area contributed by atoms with E-state index in [4.69, 9.17) is 14.8 Å². The molecule has 0 fully saturated rings. The van der Waals surface area contributed by atoms with E-state index in [0.717, 1.165) is 6.07 Å². The molecule has 4 aromatic rings. The number of ether oxygens (including phenoxy) is 1. The third-order valence-corrected chi connectivity index (χ3v) is 5.97. The molecule has 0 heterocycles. The van der Waals surface area contributed by atoms with Crippen LogP contribution in [0.15, 0.2) is 84.9 Å². The molecule has 4 rings (SSSR count). The summed E-state index contributed by atoms with van der Waals surface area (Å²) in [4.78, 5) is 54.8. The maximum absolute atomic E-state index is 12.7. The number of benzene rings is 4. The fourth-order valence-electron chi connectivity index (χ4n) is 3.99. The van der Waals surface area contributed by atoms with Crippen LogP contribution in [0.5, 0.6) is 11.5 Å². The monoisotopic (exact) mass is 590 g/mol. The van der Waals surface area contributed by atoms with Gasteiger partial charge in [0.2, 0.25) is 0 Å². The van der Waals surface area contributed by atoms with Gasteiger partial charge in [-0.2, -0.15) is 0 Å². The van der Waals surface area contributed by atoms with E-state index in [1.165, 1.54) is 36.4 Å². The highest BCUT2D eigenvalue weighted by molar-refractivity contribution is 6.12. The van der Waals surface area contributed by atoms with Gasteiger partial charge in [0.15, 0.2) is 0 Å². The molecule has 0 saturated carbocycles. The lowest BCUT2D eigenvalue weighted by Crippen LogP contribution is -2.17. The highest BCUT2D eigenvalue weighted by Gasteiger charge is 2.27. The zero-order chi connectivity index (χ0) is 30.9. The van der Waals surface area contributed by atoms with E-state index in [0.29, 0.717) is 28.4 Å². The highest BCUT2D eigenvalue weighted by Crippen LogP contribution is 2.27. The number of carbonyl (C=O) groups excluding carboxylic acids is 1. The van der Waals surface area contributed by atoms with Crippen molar-refractivity contribution < 1.29 is 44.3 Å². The first-order valence-electron chi connectivity index (χ1n) is 12.3. The van der Waals surface area contributed by atoms with Gasteiger partial charge in [-0.3, -0.25) is 40.6 Å². The number of anilines is 2. The number of rotatable bonds is 13. The molecular weight excluding hydrogens is 568 g/mol. The van der Waals surface area contributed by atoms with Crippen LogP contribution >= 0.6 is 0 Å². The molecule has 0 saturated heterocycles. The third kappa shape index (κ3) is 7.44. The van der Waals surface area contributed by atoms with E-state index in [-0.39, 0.29) is 30.0 Å². The van der Waals surface area contributed by atoms with Gasteiger partial charge in [0.05, 0.1) is 26.7 Å². The van der Waals surface area contributed by atoms with E-state index < -0.39 is 33.0 Å². The largest absolute Gasteiger partial charge is 0.477 e. The summed E-state index contributed by atoms with van der Waals surface area (Å²) < 4.78 is 5.79. The van der Waals surface area contributed by atoms with Crippen molar-refractivity contribution in [3.05, 3.63) is 127 Å². The van der Waals surface area contributed by atoms with Crippen molar-refractivity contribution in [1.82, 2.24) is 0 Å². The average molecular weight is 591 g/mol. The number of nitrogens with zero attached hydrogens (tertiary/aromatic N) is 2. The van der Waals surface area contributed by atoms with E-state index in [2.05, 4.69) is 15.7 Å². The van der Waals surface area contributed by atoms with Gasteiger partial charge in [-0.05, 0) is 60.2 Å². The average Bonchev–Trinajstić information content (AvgIpc) is 2.99. The summed E-state index contributed by atoms with van der Waals surface area (Å²) in [5, 5.41) is 43.1. The fraction of sp³-hybridized carbons (Fsp3) is 0.0714. The van der Waals surface area contributed by atoms with Crippen LogP contribution in [0.1, 0.15) is 31.8 Å². The molecule has 4 N–H and O–H groups in total. The molecule has 0 unspecified atom stereocenters. The number of hydrogen-bond acceptors (Lipinski definition) is 11. The summed E-state index contributed by atoms with van der Waals surface area (Å²) in [7, 11) is 0. The summed E-state index contributed by atoms with van der Waals surface area (Å²) in [6, 6.07) is 20.6. The number of nitro groups is 2. The molecule has 43 heavy (non-hydrogen) atoms. The number of carboxylic acids is 1. The first-order chi connectivity index (χ1) is 20.7. The number of hydrogen-bond donors (Lipinski definition) is 4. The highest BCUT2D eigenvalue weighted by atomic mass is 17.1. The maximum atomic E-state index is 12.7. The van der Waals surface area contributed by atoms with Gasteiger partial charge in [0.1, 0.15) is 30.3 Å². The van der Waals surface area contributed by atoms with Gasteiger partial charge in [0, 0.05) is 17.8 Å². The molecule has 15 nitrogen and oxygen atoms in total. The smallest absolute Gasteiger partial charge is 0.343 e. The van der Waals surface area contributed by atoms with Crippen LogP contribution < -0.4 is 15.5 Å². The number of nitrogens with one attached hydrogen (secondary N) is 2. The normalized spacial score (nSPS) is 10.5. The Morgan fingerprint density at radius 1 is 0.767 bits per heavy atom. The Balaban J connectivity index is 1.34. The first kappa shape index (κ1) is 30.1.